The molecule has 0 saturated carbocycles. The summed E-state index contributed by atoms with van der Waals surface area (Å²) in [5, 5.41) is 9.76. The lowest BCUT2D eigenvalue weighted by atomic mass is 9.94. The first kappa shape index (κ1) is 23.9. The molecular weight excluding hydrogens is 458 g/mol. The number of anilines is 1. The van der Waals surface area contributed by atoms with E-state index in [2.05, 4.69) is 20.4 Å². The van der Waals surface area contributed by atoms with Crippen LogP contribution in [0.1, 0.15) is 22.3 Å². The fourth-order valence-electron chi connectivity index (χ4n) is 4.84. The zero-order chi connectivity index (χ0) is 25.2. The number of fused-ring (bicyclic) bond motifs is 1. The summed E-state index contributed by atoms with van der Waals surface area (Å²) in [4.78, 5) is 30.3. The molecular formula is C27H31N5O4. The molecule has 9 heteroatoms. The van der Waals surface area contributed by atoms with Crippen LogP contribution in [-0.4, -0.2) is 78.8 Å². The molecule has 9 nitrogen and oxygen atoms in total. The van der Waals surface area contributed by atoms with E-state index in [0.717, 1.165) is 42.0 Å². The summed E-state index contributed by atoms with van der Waals surface area (Å²) in [6.07, 6.45) is 5.00. The van der Waals surface area contributed by atoms with Crippen LogP contribution in [0.3, 0.4) is 0 Å². The van der Waals surface area contributed by atoms with Crippen molar-refractivity contribution in [2.45, 2.75) is 18.9 Å². The highest BCUT2D eigenvalue weighted by Gasteiger charge is 2.30. The summed E-state index contributed by atoms with van der Waals surface area (Å²) >= 11 is 0. The molecule has 2 aliphatic rings. The highest BCUT2D eigenvalue weighted by atomic mass is 16.5. The lowest BCUT2D eigenvalue weighted by molar-refractivity contribution is -0.121. The van der Waals surface area contributed by atoms with Crippen LogP contribution in [0, 0.1) is 5.92 Å². The Labute approximate surface area is 210 Å². The minimum Gasteiger partial charge on any atom is -0.495 e. The zero-order valence-corrected chi connectivity index (χ0v) is 20.8. The van der Waals surface area contributed by atoms with E-state index < -0.39 is 0 Å². The molecule has 1 saturated heterocycles. The van der Waals surface area contributed by atoms with Gasteiger partial charge >= 0.3 is 0 Å². The molecule has 0 bridgehead atoms. The van der Waals surface area contributed by atoms with Crippen LogP contribution in [0.2, 0.25) is 0 Å². The summed E-state index contributed by atoms with van der Waals surface area (Å²) < 4.78 is 11.4. The van der Waals surface area contributed by atoms with E-state index in [9.17, 15) is 9.59 Å². The number of nitrogens with one attached hydrogen (secondary N) is 2. The number of ether oxygens (including phenoxy) is 2. The Kier molecular flexibility index (Phi) is 6.65. The SMILES string of the molecule is COc1cc(-c2cn[nH]c2)ccc1NC(=O)C1COc2ccc(C(=O)N3CCC(N(C)C)C3)cc2C1. The molecule has 2 amide bonds. The number of carbonyl (C=O) groups excluding carboxylic acids is 2. The summed E-state index contributed by atoms with van der Waals surface area (Å²) in [5.41, 5.74) is 3.96. The van der Waals surface area contributed by atoms with Gasteiger partial charge in [0.2, 0.25) is 5.91 Å². The van der Waals surface area contributed by atoms with Crippen molar-refractivity contribution in [3.63, 3.8) is 0 Å². The number of aromatic nitrogens is 2. The van der Waals surface area contributed by atoms with Gasteiger partial charge in [0, 0.05) is 36.5 Å². The van der Waals surface area contributed by atoms with Crippen molar-refractivity contribution < 1.29 is 19.1 Å². The zero-order valence-electron chi connectivity index (χ0n) is 20.8. The number of amides is 2. The van der Waals surface area contributed by atoms with Crippen molar-refractivity contribution in [1.29, 1.82) is 0 Å². The van der Waals surface area contributed by atoms with Crippen LogP contribution in [-0.2, 0) is 11.2 Å². The average Bonchev–Trinajstić information content (AvgIpc) is 3.61. The lowest BCUT2D eigenvalue weighted by Crippen LogP contribution is -2.35. The summed E-state index contributed by atoms with van der Waals surface area (Å²) in [6.45, 7) is 1.76. The van der Waals surface area contributed by atoms with Crippen LogP contribution in [0.15, 0.2) is 48.8 Å². The number of likely N-dealkylation sites (tertiary alicyclic amines) is 1. The molecule has 5 rings (SSSR count). The van der Waals surface area contributed by atoms with Gasteiger partial charge in [0.1, 0.15) is 18.1 Å². The second kappa shape index (κ2) is 10.0. The number of rotatable bonds is 6. The van der Waals surface area contributed by atoms with E-state index in [-0.39, 0.29) is 24.3 Å². The van der Waals surface area contributed by atoms with Gasteiger partial charge in [0.05, 0.1) is 24.9 Å². The number of nitrogens with zero attached hydrogens (tertiary/aromatic N) is 3. The van der Waals surface area contributed by atoms with Gasteiger partial charge in [-0.1, -0.05) is 6.07 Å². The molecule has 2 N–H and O–H groups in total. The van der Waals surface area contributed by atoms with E-state index in [4.69, 9.17) is 9.47 Å². The first-order valence-electron chi connectivity index (χ1n) is 12.1. The molecule has 2 aromatic carbocycles. The molecule has 2 atom stereocenters. The van der Waals surface area contributed by atoms with Gasteiger partial charge in [-0.15, -0.1) is 0 Å². The fraction of sp³-hybridized carbons (Fsp3) is 0.370. The van der Waals surface area contributed by atoms with Gasteiger partial charge < -0.3 is 24.6 Å². The highest BCUT2D eigenvalue weighted by molar-refractivity contribution is 5.96. The number of hydrogen-bond acceptors (Lipinski definition) is 6. The third-order valence-electron chi connectivity index (χ3n) is 7.06. The molecule has 2 aliphatic heterocycles. The van der Waals surface area contributed by atoms with Gasteiger partial charge in [-0.05, 0) is 68.4 Å². The van der Waals surface area contributed by atoms with Crippen LogP contribution in [0.4, 0.5) is 5.69 Å². The standard InChI is InChI=1S/C27H31N5O4/c1-31(2)22-8-9-32(15-22)27(34)18-5-7-24-19(10-18)11-20(16-36-24)26(33)30-23-6-4-17(12-25(23)35-3)21-13-28-29-14-21/h4-7,10,12-14,20,22H,8-9,11,15-16H2,1-3H3,(H,28,29)(H,30,33). The van der Waals surface area contributed by atoms with Crippen LogP contribution < -0.4 is 14.8 Å². The Hall–Kier alpha value is -3.85. The molecule has 3 heterocycles. The van der Waals surface area contributed by atoms with Crippen LogP contribution >= 0.6 is 0 Å². The van der Waals surface area contributed by atoms with Gasteiger partial charge in [-0.2, -0.15) is 5.10 Å². The Morgan fingerprint density at radius 3 is 2.78 bits per heavy atom. The van der Waals surface area contributed by atoms with Crippen LogP contribution in [0.25, 0.3) is 11.1 Å². The Bertz CT molecular complexity index is 1260. The molecule has 0 radical (unpaired) electrons. The fourth-order valence-corrected chi connectivity index (χ4v) is 4.84. The Balaban J connectivity index is 1.27. The van der Waals surface area contributed by atoms with Gasteiger partial charge in [-0.3, -0.25) is 14.7 Å². The predicted octanol–water partition coefficient (Wildman–Crippen LogP) is 3.05. The monoisotopic (exact) mass is 489 g/mol. The maximum absolute atomic E-state index is 13.1. The molecule has 0 spiro atoms. The number of carbonyl (C=O) groups is 2. The van der Waals surface area contributed by atoms with Crippen molar-refractivity contribution >= 4 is 17.5 Å². The second-order valence-electron chi connectivity index (χ2n) is 9.58. The van der Waals surface area contributed by atoms with Gasteiger partial charge in [0.25, 0.3) is 5.91 Å². The number of methoxy groups -OCH3 is 1. The minimum absolute atomic E-state index is 0.0242. The molecule has 1 aromatic heterocycles. The normalized spacial score (nSPS) is 19.1. The maximum Gasteiger partial charge on any atom is 0.253 e. The summed E-state index contributed by atoms with van der Waals surface area (Å²) in [7, 11) is 5.66. The minimum atomic E-state index is -0.383. The number of likely N-dealkylation sites (N-methyl/N-ethyl adjacent to an activating group) is 1. The van der Waals surface area contributed by atoms with Crippen molar-refractivity contribution in [3.8, 4) is 22.6 Å². The van der Waals surface area contributed by atoms with Crippen molar-refractivity contribution in [2.24, 2.45) is 5.92 Å². The molecule has 1 fully saturated rings. The van der Waals surface area contributed by atoms with E-state index >= 15 is 0 Å². The second-order valence-corrected chi connectivity index (χ2v) is 9.58. The molecule has 36 heavy (non-hydrogen) atoms. The third kappa shape index (κ3) is 4.79. The smallest absolute Gasteiger partial charge is 0.253 e. The molecule has 3 aromatic rings. The van der Waals surface area contributed by atoms with Crippen molar-refractivity contribution in [3.05, 3.63) is 59.9 Å². The first-order valence-corrected chi connectivity index (χ1v) is 12.1. The van der Waals surface area contributed by atoms with E-state index in [1.165, 1.54) is 0 Å². The number of hydrogen-bond donors (Lipinski definition) is 2. The molecule has 2 unspecified atom stereocenters. The van der Waals surface area contributed by atoms with Gasteiger partial charge in [-0.25, -0.2) is 0 Å². The molecule has 188 valence electrons. The Morgan fingerprint density at radius 1 is 1.19 bits per heavy atom. The lowest BCUT2D eigenvalue weighted by Gasteiger charge is -2.26. The molecule has 0 aliphatic carbocycles. The van der Waals surface area contributed by atoms with E-state index in [1.54, 1.807) is 19.5 Å². The van der Waals surface area contributed by atoms with E-state index in [0.29, 0.717) is 29.5 Å². The van der Waals surface area contributed by atoms with Gasteiger partial charge in [0.15, 0.2) is 0 Å². The first-order chi connectivity index (χ1) is 17.4. The maximum atomic E-state index is 13.1. The largest absolute Gasteiger partial charge is 0.495 e. The predicted molar refractivity (Wildman–Crippen MR) is 136 cm³/mol. The Morgan fingerprint density at radius 2 is 2.06 bits per heavy atom. The van der Waals surface area contributed by atoms with Crippen LogP contribution in [0.5, 0.6) is 11.5 Å². The van der Waals surface area contributed by atoms with Crippen molar-refractivity contribution in [2.75, 3.05) is 46.2 Å². The quantitative estimate of drug-likeness (QED) is 0.552. The summed E-state index contributed by atoms with van der Waals surface area (Å²) in [5.74, 6) is 0.779. The number of benzene rings is 2. The highest BCUT2D eigenvalue weighted by Crippen LogP contribution is 2.33. The van der Waals surface area contributed by atoms with Crippen molar-refractivity contribution in [1.82, 2.24) is 20.0 Å². The topological polar surface area (TPSA) is 99.8 Å². The number of aromatic amines is 1. The average molecular weight is 490 g/mol. The third-order valence-corrected chi connectivity index (χ3v) is 7.06. The number of H-pyrrole nitrogens is 1. The summed E-state index contributed by atoms with van der Waals surface area (Å²) in [6, 6.07) is 11.5. The van der Waals surface area contributed by atoms with E-state index in [1.807, 2.05) is 55.4 Å².